The van der Waals surface area contributed by atoms with Crippen molar-refractivity contribution >= 4 is 24.3 Å². The van der Waals surface area contributed by atoms with Crippen molar-refractivity contribution in [3.8, 4) is 5.75 Å². The first-order chi connectivity index (χ1) is 11.8. The van der Waals surface area contributed by atoms with Crippen molar-refractivity contribution in [2.24, 2.45) is 0 Å². The van der Waals surface area contributed by atoms with Crippen LogP contribution in [0, 0.1) is 0 Å². The molecular weight excluding hydrogens is 367 g/mol. The van der Waals surface area contributed by atoms with Gasteiger partial charge in [0.05, 0.1) is 0 Å². The molecule has 1 unspecified atom stereocenters. The number of carbonyl (C=O) groups is 1. The second-order valence-corrected chi connectivity index (χ2v) is 7.68. The molecule has 0 heterocycles. The molecule has 1 atom stereocenters. The molecule has 0 saturated heterocycles. The number of unbranched alkanes of at least 4 members (excludes halogenated alkanes) is 1. The van der Waals surface area contributed by atoms with Crippen LogP contribution >= 0.6 is 8.25 Å². The summed E-state index contributed by atoms with van der Waals surface area (Å²) in [4.78, 5) is 20.6. The number of amides is 2. The number of benzene rings is 1. The lowest BCUT2D eigenvalue weighted by Gasteiger charge is -2.17. The zero-order valence-corrected chi connectivity index (χ0v) is 16.4. The van der Waals surface area contributed by atoms with E-state index in [1.807, 2.05) is 18.6 Å². The van der Waals surface area contributed by atoms with Crippen LogP contribution in [0.2, 0.25) is 0 Å². The number of nitrogens with one attached hydrogen (secondary N) is 2. The molecule has 0 aliphatic carbocycles. The van der Waals surface area contributed by atoms with Crippen molar-refractivity contribution < 1.29 is 27.2 Å². The summed E-state index contributed by atoms with van der Waals surface area (Å²) in [6.45, 7) is 5.92. The quantitative estimate of drug-likeness (QED) is 0.438. The van der Waals surface area contributed by atoms with Crippen LogP contribution in [-0.2, 0) is 27.4 Å². The van der Waals surface area contributed by atoms with E-state index in [0.717, 1.165) is 18.4 Å². The number of urea groups is 1. The first-order valence-corrected chi connectivity index (χ1v) is 10.9. The summed E-state index contributed by atoms with van der Waals surface area (Å²) in [5, 5.41) is 2.46. The standard InChI is InChI=1S/C15H25N2O6PS/c1-4-7-10-16-15(18)17-25(21,22)14-12(6-3)11(5-2)8-9-13(14)23-24(19)20/h8-9,24H,4-7,10H2,1-3H3,(H,19,20)(H2,16,17,18). The molecule has 1 rings (SSSR count). The zero-order valence-electron chi connectivity index (χ0n) is 14.6. The molecule has 25 heavy (non-hydrogen) atoms. The number of carbonyl (C=O) groups excluding carboxylic acids is 1. The Labute approximate surface area is 149 Å². The van der Waals surface area contributed by atoms with Crippen LogP contribution in [0.15, 0.2) is 17.0 Å². The normalized spacial score (nSPS) is 12.5. The maximum Gasteiger partial charge on any atom is 0.365 e. The highest BCUT2D eigenvalue weighted by Crippen LogP contribution is 2.35. The summed E-state index contributed by atoms with van der Waals surface area (Å²) in [5.74, 6) is -0.241. The minimum atomic E-state index is -4.27. The van der Waals surface area contributed by atoms with E-state index in [2.05, 4.69) is 5.32 Å². The molecule has 3 N–H and O–H groups in total. The largest absolute Gasteiger partial charge is 0.425 e. The maximum atomic E-state index is 12.7. The number of sulfonamides is 1. The summed E-state index contributed by atoms with van der Waals surface area (Å²) in [7, 11) is -7.67. The molecule has 0 aliphatic rings. The van der Waals surface area contributed by atoms with Gasteiger partial charge in [-0.15, -0.1) is 0 Å². The van der Waals surface area contributed by atoms with Crippen molar-refractivity contribution in [2.45, 2.75) is 51.3 Å². The topological polar surface area (TPSA) is 122 Å². The zero-order chi connectivity index (χ0) is 19.0. The second-order valence-electron chi connectivity index (χ2n) is 5.32. The van der Waals surface area contributed by atoms with Crippen LogP contribution in [0.5, 0.6) is 5.75 Å². The SMILES string of the molecule is CCCCNC(=O)NS(=O)(=O)c1c(O[PH](=O)O)ccc(CC)c1CC. The van der Waals surface area contributed by atoms with Gasteiger partial charge >= 0.3 is 14.3 Å². The molecule has 0 aliphatic heterocycles. The average Bonchev–Trinajstić information content (AvgIpc) is 2.53. The Morgan fingerprint density at radius 1 is 1.24 bits per heavy atom. The summed E-state index contributed by atoms with van der Waals surface area (Å²) >= 11 is 0. The first kappa shape index (κ1) is 21.5. The fourth-order valence-electron chi connectivity index (χ4n) is 2.42. The molecule has 1 aromatic carbocycles. The van der Waals surface area contributed by atoms with Gasteiger partial charge in [-0.25, -0.2) is 22.5 Å². The van der Waals surface area contributed by atoms with Crippen molar-refractivity contribution in [3.05, 3.63) is 23.3 Å². The Morgan fingerprint density at radius 2 is 1.92 bits per heavy atom. The van der Waals surface area contributed by atoms with Crippen LogP contribution in [0.25, 0.3) is 0 Å². The highest BCUT2D eigenvalue weighted by Gasteiger charge is 2.27. The lowest BCUT2D eigenvalue weighted by atomic mass is 10.0. The summed E-state index contributed by atoms with van der Waals surface area (Å²) in [6, 6.07) is 2.14. The number of hydrogen-bond donors (Lipinski definition) is 3. The maximum absolute atomic E-state index is 12.7. The molecule has 142 valence electrons. The van der Waals surface area contributed by atoms with Gasteiger partial charge in [0, 0.05) is 6.54 Å². The van der Waals surface area contributed by atoms with Crippen LogP contribution in [-0.4, -0.2) is 25.9 Å². The summed E-state index contributed by atoms with van der Waals surface area (Å²) < 4.78 is 43.2. The molecule has 10 heteroatoms. The number of aryl methyl sites for hydroxylation is 1. The van der Waals surface area contributed by atoms with E-state index in [9.17, 15) is 17.8 Å². The molecule has 0 aromatic heterocycles. The minimum Gasteiger partial charge on any atom is -0.425 e. The fraction of sp³-hybridized carbons (Fsp3) is 0.533. The van der Waals surface area contributed by atoms with Gasteiger partial charge < -0.3 is 14.7 Å². The molecule has 1 aromatic rings. The van der Waals surface area contributed by atoms with Crippen LogP contribution in [0.3, 0.4) is 0 Å². The number of rotatable bonds is 9. The molecule has 0 radical (unpaired) electrons. The average molecular weight is 392 g/mol. The summed E-state index contributed by atoms with van der Waals surface area (Å²) in [6.07, 6.45) is 2.51. The molecular formula is C15H25N2O6PS. The smallest absolute Gasteiger partial charge is 0.365 e. The van der Waals surface area contributed by atoms with Crippen molar-refractivity contribution in [1.82, 2.24) is 10.0 Å². The van der Waals surface area contributed by atoms with E-state index in [0.29, 0.717) is 24.9 Å². The lowest BCUT2D eigenvalue weighted by Crippen LogP contribution is -2.40. The van der Waals surface area contributed by atoms with Gasteiger partial charge in [-0.1, -0.05) is 33.3 Å². The van der Waals surface area contributed by atoms with Gasteiger partial charge in [-0.3, -0.25) is 0 Å². The third kappa shape index (κ3) is 6.02. The van der Waals surface area contributed by atoms with E-state index in [4.69, 9.17) is 9.42 Å². The predicted octanol–water partition coefficient (Wildman–Crippen LogP) is 2.36. The Morgan fingerprint density at radius 3 is 2.44 bits per heavy atom. The number of hydrogen-bond acceptors (Lipinski definition) is 5. The monoisotopic (exact) mass is 392 g/mol. The van der Waals surface area contributed by atoms with Crippen LogP contribution in [0.1, 0.15) is 44.7 Å². The van der Waals surface area contributed by atoms with Crippen molar-refractivity contribution in [1.29, 1.82) is 0 Å². The molecule has 2 amide bonds. The van der Waals surface area contributed by atoms with E-state index in [-0.39, 0.29) is 10.6 Å². The van der Waals surface area contributed by atoms with Crippen LogP contribution < -0.4 is 14.6 Å². The summed E-state index contributed by atoms with van der Waals surface area (Å²) in [5.41, 5.74) is 1.22. The first-order valence-electron chi connectivity index (χ1n) is 8.12. The van der Waals surface area contributed by atoms with E-state index in [1.165, 1.54) is 6.07 Å². The van der Waals surface area contributed by atoms with Gasteiger partial charge in [0.15, 0.2) is 0 Å². The molecule has 8 nitrogen and oxygen atoms in total. The molecule has 0 spiro atoms. The fourth-order valence-corrected chi connectivity index (χ4v) is 4.25. The van der Waals surface area contributed by atoms with Gasteiger partial charge in [-0.2, -0.15) is 0 Å². The van der Waals surface area contributed by atoms with Gasteiger partial charge in [0.25, 0.3) is 10.0 Å². The minimum absolute atomic E-state index is 0.241. The van der Waals surface area contributed by atoms with Crippen molar-refractivity contribution in [2.75, 3.05) is 6.54 Å². The van der Waals surface area contributed by atoms with Gasteiger partial charge in [0.2, 0.25) is 0 Å². The Balaban J connectivity index is 3.30. The van der Waals surface area contributed by atoms with Gasteiger partial charge in [0.1, 0.15) is 10.6 Å². The van der Waals surface area contributed by atoms with Gasteiger partial charge in [-0.05, 0) is 36.5 Å². The molecule has 0 bridgehead atoms. The third-order valence-corrected chi connectivity index (χ3v) is 5.40. The molecule has 0 fully saturated rings. The third-order valence-electron chi connectivity index (χ3n) is 3.56. The van der Waals surface area contributed by atoms with Crippen molar-refractivity contribution in [3.63, 3.8) is 0 Å². The second kappa shape index (κ2) is 9.79. The van der Waals surface area contributed by atoms with E-state index >= 15 is 0 Å². The highest BCUT2D eigenvalue weighted by atomic mass is 32.2. The Bertz CT molecular complexity index is 736. The van der Waals surface area contributed by atoms with E-state index < -0.39 is 24.3 Å². The highest BCUT2D eigenvalue weighted by molar-refractivity contribution is 7.90. The lowest BCUT2D eigenvalue weighted by molar-refractivity contribution is 0.245. The van der Waals surface area contributed by atoms with Crippen LogP contribution in [0.4, 0.5) is 4.79 Å². The Hall–Kier alpha value is -1.57. The van der Waals surface area contributed by atoms with E-state index in [1.54, 1.807) is 13.0 Å². The molecule has 0 saturated carbocycles. The predicted molar refractivity (Wildman–Crippen MR) is 95.7 cm³/mol. The Kier molecular flexibility index (Phi) is 8.41.